The number of rotatable bonds is 0. The molecule has 0 atom stereocenters. The molecule has 0 radical (unpaired) electrons. The van der Waals surface area contributed by atoms with Gasteiger partial charge >= 0.3 is 6.18 Å². The molecule has 1 aliphatic heterocycles. The molecule has 90 valence electrons. The minimum atomic E-state index is -4.11. The van der Waals surface area contributed by atoms with Crippen LogP contribution in [-0.4, -0.2) is 21.8 Å². The molecule has 0 bridgehead atoms. The summed E-state index contributed by atoms with van der Waals surface area (Å²) in [6.07, 6.45) is -4.11. The van der Waals surface area contributed by atoms with E-state index in [2.05, 4.69) is 20.8 Å². The van der Waals surface area contributed by atoms with Crippen LogP contribution in [0, 0.1) is 11.3 Å². The zero-order valence-corrected chi connectivity index (χ0v) is 11.1. The summed E-state index contributed by atoms with van der Waals surface area (Å²) in [5, 5.41) is 0. The SMILES string of the molecule is CC(C)(C)C1CSC(C)(C(F)(F)F)SC1. The van der Waals surface area contributed by atoms with Gasteiger partial charge in [-0.25, -0.2) is 0 Å². The van der Waals surface area contributed by atoms with Gasteiger partial charge in [0.15, 0.2) is 4.08 Å². The predicted molar refractivity (Wildman–Crippen MR) is 62.3 cm³/mol. The molecule has 0 spiro atoms. The Morgan fingerprint density at radius 1 is 1.07 bits per heavy atom. The predicted octanol–water partition coefficient (Wildman–Crippen LogP) is 4.41. The fourth-order valence-corrected chi connectivity index (χ4v) is 4.76. The maximum atomic E-state index is 12.7. The van der Waals surface area contributed by atoms with Crippen LogP contribution in [0.2, 0.25) is 0 Å². The van der Waals surface area contributed by atoms with Crippen molar-refractivity contribution in [3.63, 3.8) is 0 Å². The van der Waals surface area contributed by atoms with Crippen molar-refractivity contribution < 1.29 is 13.2 Å². The molecule has 0 aromatic carbocycles. The molecule has 0 nitrogen and oxygen atoms in total. The van der Waals surface area contributed by atoms with Gasteiger partial charge in [-0.05, 0) is 29.8 Å². The first kappa shape index (κ1) is 13.6. The average Bonchev–Trinajstić information content (AvgIpc) is 2.01. The summed E-state index contributed by atoms with van der Waals surface area (Å²) in [5.74, 6) is 1.57. The third-order valence-electron chi connectivity index (χ3n) is 2.86. The summed E-state index contributed by atoms with van der Waals surface area (Å²) in [5.41, 5.74) is 0.104. The van der Waals surface area contributed by atoms with E-state index in [4.69, 9.17) is 0 Å². The second-order valence-electron chi connectivity index (χ2n) is 5.13. The lowest BCUT2D eigenvalue weighted by atomic mass is 9.83. The Labute approximate surface area is 97.8 Å². The van der Waals surface area contributed by atoms with Crippen LogP contribution >= 0.6 is 23.5 Å². The molecule has 0 aromatic heterocycles. The largest absolute Gasteiger partial charge is 0.411 e. The summed E-state index contributed by atoms with van der Waals surface area (Å²) in [4.78, 5) is 0. The van der Waals surface area contributed by atoms with Gasteiger partial charge in [0.05, 0.1) is 0 Å². The zero-order valence-electron chi connectivity index (χ0n) is 9.44. The highest BCUT2D eigenvalue weighted by Crippen LogP contribution is 2.55. The quantitative estimate of drug-likeness (QED) is 0.631. The first-order valence-electron chi connectivity index (χ1n) is 4.91. The maximum absolute atomic E-state index is 12.7. The van der Waals surface area contributed by atoms with E-state index >= 15 is 0 Å². The third kappa shape index (κ3) is 2.99. The molecule has 1 saturated heterocycles. The Bertz CT molecular complexity index is 222. The minimum Gasteiger partial charge on any atom is -0.169 e. The van der Waals surface area contributed by atoms with E-state index in [0.29, 0.717) is 17.4 Å². The molecule has 0 aromatic rings. The van der Waals surface area contributed by atoms with Crippen LogP contribution in [-0.2, 0) is 0 Å². The fraction of sp³-hybridized carbons (Fsp3) is 1.00. The number of thioether (sulfide) groups is 2. The topological polar surface area (TPSA) is 0 Å². The molecular formula is C10H17F3S2. The molecule has 1 heterocycles. The van der Waals surface area contributed by atoms with Gasteiger partial charge < -0.3 is 0 Å². The lowest BCUT2D eigenvalue weighted by Crippen LogP contribution is -2.42. The van der Waals surface area contributed by atoms with Crippen molar-refractivity contribution in [3.8, 4) is 0 Å². The van der Waals surface area contributed by atoms with Crippen LogP contribution in [0.25, 0.3) is 0 Å². The Morgan fingerprint density at radius 2 is 1.47 bits per heavy atom. The van der Waals surface area contributed by atoms with Crippen LogP contribution in [0.5, 0.6) is 0 Å². The van der Waals surface area contributed by atoms with Crippen molar-refractivity contribution in [1.29, 1.82) is 0 Å². The molecule has 15 heavy (non-hydrogen) atoms. The Balaban J connectivity index is 2.64. The molecule has 0 N–H and O–H groups in total. The Hall–Kier alpha value is 0.490. The normalized spacial score (nSPS) is 34.2. The van der Waals surface area contributed by atoms with Gasteiger partial charge in [-0.1, -0.05) is 20.8 Å². The van der Waals surface area contributed by atoms with Gasteiger partial charge in [0.25, 0.3) is 0 Å². The second-order valence-corrected chi connectivity index (χ2v) is 8.26. The van der Waals surface area contributed by atoms with Crippen molar-refractivity contribution in [2.45, 2.75) is 38.0 Å². The van der Waals surface area contributed by atoms with E-state index in [1.165, 1.54) is 6.92 Å². The highest BCUT2D eigenvalue weighted by molar-refractivity contribution is 8.18. The highest BCUT2D eigenvalue weighted by atomic mass is 32.2. The summed E-state index contributed by atoms with van der Waals surface area (Å²) in [6.45, 7) is 7.57. The van der Waals surface area contributed by atoms with Crippen LogP contribution < -0.4 is 0 Å². The molecule has 0 saturated carbocycles. The maximum Gasteiger partial charge on any atom is 0.411 e. The molecule has 0 amide bonds. The van der Waals surface area contributed by atoms with Gasteiger partial charge in [-0.2, -0.15) is 13.2 Å². The lowest BCUT2D eigenvalue weighted by Gasteiger charge is -2.41. The van der Waals surface area contributed by atoms with Gasteiger partial charge in [-0.15, -0.1) is 23.5 Å². The average molecular weight is 258 g/mol. The first-order chi connectivity index (χ1) is 6.56. The van der Waals surface area contributed by atoms with E-state index in [0.717, 1.165) is 23.5 Å². The van der Waals surface area contributed by atoms with Gasteiger partial charge in [0.2, 0.25) is 0 Å². The molecule has 1 fully saturated rings. The zero-order chi connectivity index (χ0) is 11.9. The third-order valence-corrected chi connectivity index (χ3v) is 6.27. The van der Waals surface area contributed by atoms with E-state index in [9.17, 15) is 13.2 Å². The van der Waals surface area contributed by atoms with E-state index in [1.807, 2.05) is 0 Å². The molecule has 5 heteroatoms. The van der Waals surface area contributed by atoms with Crippen molar-refractivity contribution in [2.75, 3.05) is 11.5 Å². The first-order valence-corrected chi connectivity index (χ1v) is 6.88. The number of alkyl halides is 3. The summed E-state index contributed by atoms with van der Waals surface area (Å²) >= 11 is 2.09. The second kappa shape index (κ2) is 4.06. The minimum absolute atomic E-state index is 0.104. The van der Waals surface area contributed by atoms with Crippen LogP contribution in [0.1, 0.15) is 27.7 Å². The standard InChI is InChI=1S/C10H17F3S2/c1-8(2,3)7-5-14-9(4,15-6-7)10(11,12)13/h7H,5-6H2,1-4H3. The summed E-state index contributed by atoms with van der Waals surface area (Å²) < 4.78 is 36.5. The van der Waals surface area contributed by atoms with E-state index < -0.39 is 10.3 Å². The highest BCUT2D eigenvalue weighted by Gasteiger charge is 2.54. The van der Waals surface area contributed by atoms with Crippen LogP contribution in [0.4, 0.5) is 13.2 Å². The molecule has 0 unspecified atom stereocenters. The summed E-state index contributed by atoms with van der Waals surface area (Å²) in [6, 6.07) is 0. The lowest BCUT2D eigenvalue weighted by molar-refractivity contribution is -0.133. The van der Waals surface area contributed by atoms with Gasteiger partial charge in [0, 0.05) is 0 Å². The van der Waals surface area contributed by atoms with Crippen molar-refractivity contribution in [2.24, 2.45) is 11.3 Å². The monoisotopic (exact) mass is 258 g/mol. The summed E-state index contributed by atoms with van der Waals surface area (Å²) in [7, 11) is 0. The molecule has 0 aliphatic carbocycles. The Kier molecular flexibility index (Phi) is 3.67. The van der Waals surface area contributed by atoms with Gasteiger partial charge in [-0.3, -0.25) is 0 Å². The molecule has 1 aliphatic rings. The fourth-order valence-electron chi connectivity index (χ4n) is 1.27. The van der Waals surface area contributed by atoms with Crippen molar-refractivity contribution in [3.05, 3.63) is 0 Å². The van der Waals surface area contributed by atoms with Crippen LogP contribution in [0.3, 0.4) is 0 Å². The van der Waals surface area contributed by atoms with Gasteiger partial charge in [0.1, 0.15) is 0 Å². The van der Waals surface area contributed by atoms with E-state index in [-0.39, 0.29) is 5.41 Å². The number of hydrogen-bond acceptors (Lipinski definition) is 2. The number of hydrogen-bond donors (Lipinski definition) is 0. The van der Waals surface area contributed by atoms with Crippen molar-refractivity contribution in [1.82, 2.24) is 0 Å². The number of halogens is 3. The van der Waals surface area contributed by atoms with E-state index in [1.54, 1.807) is 0 Å². The molecular weight excluding hydrogens is 241 g/mol. The Morgan fingerprint density at radius 3 is 1.73 bits per heavy atom. The molecule has 1 rings (SSSR count). The van der Waals surface area contributed by atoms with Crippen LogP contribution in [0.15, 0.2) is 0 Å². The van der Waals surface area contributed by atoms with Crippen molar-refractivity contribution >= 4 is 23.5 Å². The smallest absolute Gasteiger partial charge is 0.169 e.